The third-order valence-electron chi connectivity index (χ3n) is 4.94. The maximum atomic E-state index is 12.4. The van der Waals surface area contributed by atoms with Crippen LogP contribution in [0.15, 0.2) is 24.3 Å². The number of hydrogen-bond acceptors (Lipinski definition) is 6. The van der Waals surface area contributed by atoms with E-state index in [-0.39, 0.29) is 17.8 Å². The number of nitrogens with one attached hydrogen (secondary N) is 1. The molecule has 2 heterocycles. The van der Waals surface area contributed by atoms with Gasteiger partial charge in [-0.1, -0.05) is 12.1 Å². The van der Waals surface area contributed by atoms with Crippen molar-refractivity contribution in [2.75, 3.05) is 25.5 Å². The minimum absolute atomic E-state index is 0.111. The molecule has 0 aliphatic carbocycles. The summed E-state index contributed by atoms with van der Waals surface area (Å²) >= 11 is 0. The fraction of sp³-hybridized carbons (Fsp3) is 0.435. The molecule has 1 aromatic carbocycles. The highest BCUT2D eigenvalue weighted by Crippen LogP contribution is 2.30. The first-order valence-corrected chi connectivity index (χ1v) is 10.1. The number of anilines is 1. The second kappa shape index (κ2) is 9.01. The van der Waals surface area contributed by atoms with Gasteiger partial charge in [-0.25, -0.2) is 9.48 Å². The zero-order chi connectivity index (χ0) is 22.6. The Morgan fingerprint density at radius 2 is 2.06 bits per heavy atom. The van der Waals surface area contributed by atoms with E-state index in [9.17, 15) is 10.1 Å². The van der Waals surface area contributed by atoms with Crippen LogP contribution in [0.5, 0.6) is 5.75 Å². The summed E-state index contributed by atoms with van der Waals surface area (Å²) in [6.45, 7) is 6.98. The van der Waals surface area contributed by atoms with Gasteiger partial charge in [0.05, 0.1) is 13.2 Å². The number of methoxy groups -OCH3 is 1. The van der Waals surface area contributed by atoms with Gasteiger partial charge in [-0.05, 0) is 50.8 Å². The number of amides is 1. The van der Waals surface area contributed by atoms with Gasteiger partial charge in [0.25, 0.3) is 0 Å². The molecule has 1 atom stereocenters. The predicted molar refractivity (Wildman–Crippen MR) is 117 cm³/mol. The van der Waals surface area contributed by atoms with E-state index in [1.807, 2.05) is 45.0 Å². The number of likely N-dealkylation sites (tertiary alicyclic amines) is 1. The largest absolute Gasteiger partial charge is 0.497 e. The summed E-state index contributed by atoms with van der Waals surface area (Å²) in [4.78, 5) is 14.1. The first-order chi connectivity index (χ1) is 14.8. The van der Waals surface area contributed by atoms with E-state index in [2.05, 4.69) is 22.4 Å². The van der Waals surface area contributed by atoms with Gasteiger partial charge in [0, 0.05) is 19.6 Å². The van der Waals surface area contributed by atoms with Crippen LogP contribution in [0.2, 0.25) is 0 Å². The zero-order valence-electron chi connectivity index (χ0n) is 18.3. The molecule has 1 saturated heterocycles. The fourth-order valence-electron chi connectivity index (χ4n) is 3.44. The lowest BCUT2D eigenvalue weighted by Crippen LogP contribution is -2.35. The van der Waals surface area contributed by atoms with Crippen LogP contribution in [0.1, 0.15) is 50.1 Å². The van der Waals surface area contributed by atoms with Gasteiger partial charge in [0.15, 0.2) is 5.69 Å². The lowest BCUT2D eigenvalue weighted by atomic mass is 10.2. The van der Waals surface area contributed by atoms with Crippen molar-refractivity contribution in [3.8, 4) is 24.2 Å². The van der Waals surface area contributed by atoms with E-state index in [1.165, 1.54) is 0 Å². The Morgan fingerprint density at radius 1 is 1.35 bits per heavy atom. The van der Waals surface area contributed by atoms with Crippen molar-refractivity contribution < 1.29 is 14.3 Å². The third-order valence-corrected chi connectivity index (χ3v) is 4.94. The Labute approximate surface area is 182 Å². The SMILES string of the molecule is C#Cc1nn([C@H]2CCN(C(=O)OC(C)(C)C)C2)c(NCc2ccc(OC)cc2)c1C#N. The summed E-state index contributed by atoms with van der Waals surface area (Å²) in [5.41, 5.74) is 1.07. The fourth-order valence-corrected chi connectivity index (χ4v) is 3.44. The van der Waals surface area contributed by atoms with Crippen LogP contribution >= 0.6 is 0 Å². The van der Waals surface area contributed by atoms with E-state index in [1.54, 1.807) is 16.7 Å². The molecule has 1 fully saturated rings. The van der Waals surface area contributed by atoms with Crippen LogP contribution in [-0.4, -0.2) is 46.6 Å². The van der Waals surface area contributed by atoms with Gasteiger partial charge in [0.1, 0.15) is 28.8 Å². The molecule has 1 amide bonds. The molecule has 1 aliphatic heterocycles. The normalized spacial score (nSPS) is 15.8. The highest BCUT2D eigenvalue weighted by molar-refractivity contribution is 5.68. The molecule has 0 saturated carbocycles. The molecule has 162 valence electrons. The molecule has 3 rings (SSSR count). The molecule has 8 nitrogen and oxygen atoms in total. The monoisotopic (exact) mass is 421 g/mol. The number of carbonyl (C=O) groups is 1. The van der Waals surface area contributed by atoms with E-state index < -0.39 is 5.60 Å². The Balaban J connectivity index is 1.80. The molecule has 0 radical (unpaired) electrons. The Hall–Kier alpha value is -3.65. The molecule has 2 aromatic rings. The molecular formula is C23H27N5O3. The molecule has 0 spiro atoms. The maximum absolute atomic E-state index is 12.4. The standard InChI is InChI=1S/C23H27N5O3/c1-6-20-19(13-24)21(25-14-16-7-9-18(30-5)10-8-16)28(26-20)17-11-12-27(15-17)22(29)31-23(2,3)4/h1,7-10,17,25H,11-12,14-15H2,2-5H3/t17-/m0/s1. The van der Waals surface area contributed by atoms with E-state index in [0.29, 0.717) is 37.4 Å². The summed E-state index contributed by atoms with van der Waals surface area (Å²) in [6, 6.07) is 9.70. The number of nitrogens with zero attached hydrogens (tertiary/aromatic N) is 4. The molecule has 0 bridgehead atoms. The number of aromatic nitrogens is 2. The highest BCUT2D eigenvalue weighted by atomic mass is 16.6. The van der Waals surface area contributed by atoms with Gasteiger partial charge in [0.2, 0.25) is 0 Å². The molecule has 8 heteroatoms. The summed E-state index contributed by atoms with van der Waals surface area (Å²) in [5, 5.41) is 17.5. The van der Waals surface area contributed by atoms with Crippen LogP contribution in [0.25, 0.3) is 0 Å². The number of terminal acetylenes is 1. The highest BCUT2D eigenvalue weighted by Gasteiger charge is 2.33. The average molecular weight is 422 g/mol. The third kappa shape index (κ3) is 5.10. The second-order valence-electron chi connectivity index (χ2n) is 8.34. The van der Waals surface area contributed by atoms with E-state index >= 15 is 0 Å². The van der Waals surface area contributed by atoms with Crippen LogP contribution in [-0.2, 0) is 11.3 Å². The number of carbonyl (C=O) groups excluding carboxylic acids is 1. The second-order valence-corrected chi connectivity index (χ2v) is 8.34. The van der Waals surface area contributed by atoms with E-state index in [0.717, 1.165) is 11.3 Å². The molecule has 0 unspecified atom stereocenters. The zero-order valence-corrected chi connectivity index (χ0v) is 18.3. The molecular weight excluding hydrogens is 394 g/mol. The van der Waals surface area contributed by atoms with Gasteiger partial charge < -0.3 is 19.7 Å². The van der Waals surface area contributed by atoms with Gasteiger partial charge in [-0.15, -0.1) is 6.42 Å². The first-order valence-electron chi connectivity index (χ1n) is 10.1. The Bertz CT molecular complexity index is 1020. The van der Waals surface area contributed by atoms with Crippen LogP contribution in [0.4, 0.5) is 10.6 Å². The minimum atomic E-state index is -0.559. The number of nitriles is 1. The quantitative estimate of drug-likeness (QED) is 0.743. The lowest BCUT2D eigenvalue weighted by molar-refractivity contribution is 0.0288. The number of hydrogen-bond donors (Lipinski definition) is 1. The van der Waals surface area contributed by atoms with Crippen LogP contribution in [0, 0.1) is 23.7 Å². The number of rotatable bonds is 5. The minimum Gasteiger partial charge on any atom is -0.497 e. The van der Waals surface area contributed by atoms with Gasteiger partial charge in [-0.3, -0.25) is 0 Å². The van der Waals surface area contributed by atoms with Crippen molar-refractivity contribution >= 4 is 11.9 Å². The molecule has 31 heavy (non-hydrogen) atoms. The van der Waals surface area contributed by atoms with Crippen molar-refractivity contribution in [1.29, 1.82) is 5.26 Å². The van der Waals surface area contributed by atoms with Gasteiger partial charge in [-0.2, -0.15) is 10.4 Å². The van der Waals surface area contributed by atoms with Gasteiger partial charge >= 0.3 is 6.09 Å². The van der Waals surface area contributed by atoms with Crippen LogP contribution in [0.3, 0.4) is 0 Å². The smallest absolute Gasteiger partial charge is 0.410 e. The van der Waals surface area contributed by atoms with Crippen LogP contribution < -0.4 is 10.1 Å². The summed E-state index contributed by atoms with van der Waals surface area (Å²) < 4.78 is 12.4. The summed E-state index contributed by atoms with van der Waals surface area (Å²) in [5.74, 6) is 3.82. The first kappa shape index (κ1) is 22.0. The Kier molecular flexibility index (Phi) is 6.41. The lowest BCUT2D eigenvalue weighted by Gasteiger charge is -2.24. The summed E-state index contributed by atoms with van der Waals surface area (Å²) in [6.07, 6.45) is 5.92. The van der Waals surface area contributed by atoms with Crippen molar-refractivity contribution in [2.45, 2.75) is 45.4 Å². The number of ether oxygens (including phenoxy) is 2. The van der Waals surface area contributed by atoms with Crippen molar-refractivity contribution in [3.05, 3.63) is 41.1 Å². The number of benzene rings is 1. The summed E-state index contributed by atoms with van der Waals surface area (Å²) in [7, 11) is 1.62. The average Bonchev–Trinajstić information content (AvgIpc) is 3.35. The molecule has 1 N–H and O–H groups in total. The van der Waals surface area contributed by atoms with E-state index in [4.69, 9.17) is 15.9 Å². The van der Waals surface area contributed by atoms with Crippen molar-refractivity contribution in [2.24, 2.45) is 0 Å². The van der Waals surface area contributed by atoms with Crippen molar-refractivity contribution in [3.63, 3.8) is 0 Å². The topological polar surface area (TPSA) is 92.4 Å². The molecule has 1 aliphatic rings. The molecule has 1 aromatic heterocycles. The Morgan fingerprint density at radius 3 is 2.65 bits per heavy atom. The predicted octanol–water partition coefficient (Wildman–Crippen LogP) is 3.54. The van der Waals surface area contributed by atoms with Crippen molar-refractivity contribution in [1.82, 2.24) is 14.7 Å². The maximum Gasteiger partial charge on any atom is 0.410 e.